The topological polar surface area (TPSA) is 74.2 Å². The Morgan fingerprint density at radius 1 is 1.30 bits per heavy atom. The molecule has 0 amide bonds. The van der Waals surface area contributed by atoms with Crippen LogP contribution in [0.1, 0.15) is 55.6 Å². The predicted octanol–water partition coefficient (Wildman–Crippen LogP) is 3.10. The molecule has 2 N–H and O–H groups in total. The molecule has 2 aromatic rings. The van der Waals surface area contributed by atoms with E-state index in [-0.39, 0.29) is 18.6 Å². The van der Waals surface area contributed by atoms with Gasteiger partial charge in [0.15, 0.2) is 6.61 Å². The Bertz CT molecular complexity index is 576. The lowest BCUT2D eigenvalue weighted by atomic mass is 10.1. The summed E-state index contributed by atoms with van der Waals surface area (Å²) in [5.74, 6) is 2.16. The SMILES string of the molecule is Cc1ccc(C(C)N)c(OCc2noc(C(C)C)n2)c1. The van der Waals surface area contributed by atoms with Crippen molar-refractivity contribution in [2.75, 3.05) is 0 Å². The predicted molar refractivity (Wildman–Crippen MR) is 76.5 cm³/mol. The maximum atomic E-state index is 5.95. The minimum Gasteiger partial charge on any atom is -0.485 e. The highest BCUT2D eigenvalue weighted by atomic mass is 16.5. The van der Waals surface area contributed by atoms with Gasteiger partial charge in [0.2, 0.25) is 11.7 Å². The highest BCUT2D eigenvalue weighted by Gasteiger charge is 2.12. The van der Waals surface area contributed by atoms with Crippen molar-refractivity contribution in [3.63, 3.8) is 0 Å². The van der Waals surface area contributed by atoms with E-state index in [0.29, 0.717) is 11.7 Å². The van der Waals surface area contributed by atoms with Crippen LogP contribution in [0.4, 0.5) is 0 Å². The van der Waals surface area contributed by atoms with Gasteiger partial charge < -0.3 is 15.0 Å². The van der Waals surface area contributed by atoms with Gasteiger partial charge in [0.05, 0.1) is 0 Å². The molecule has 0 spiro atoms. The average Bonchev–Trinajstić information content (AvgIpc) is 2.85. The standard InChI is InChI=1S/C15H21N3O2/c1-9(2)15-17-14(18-20-15)8-19-13-7-10(3)5-6-12(13)11(4)16/h5-7,9,11H,8,16H2,1-4H3. The molecule has 2 rings (SSSR count). The summed E-state index contributed by atoms with van der Waals surface area (Å²) in [7, 11) is 0. The molecular weight excluding hydrogens is 254 g/mol. The molecule has 0 fully saturated rings. The second kappa shape index (κ2) is 6.05. The lowest BCUT2D eigenvalue weighted by Crippen LogP contribution is -2.08. The molecule has 0 aliphatic carbocycles. The molecule has 1 unspecified atom stereocenters. The summed E-state index contributed by atoms with van der Waals surface area (Å²) in [6.07, 6.45) is 0. The van der Waals surface area contributed by atoms with Gasteiger partial charge in [0.1, 0.15) is 5.75 Å². The number of aryl methyl sites for hydroxylation is 1. The smallest absolute Gasteiger partial charge is 0.229 e. The van der Waals surface area contributed by atoms with Crippen LogP contribution in [0, 0.1) is 6.92 Å². The summed E-state index contributed by atoms with van der Waals surface area (Å²) >= 11 is 0. The number of nitrogens with zero attached hydrogens (tertiary/aromatic N) is 2. The van der Waals surface area contributed by atoms with E-state index in [1.165, 1.54) is 0 Å². The summed E-state index contributed by atoms with van der Waals surface area (Å²) in [4.78, 5) is 4.29. The van der Waals surface area contributed by atoms with Crippen molar-refractivity contribution < 1.29 is 9.26 Å². The van der Waals surface area contributed by atoms with Crippen molar-refractivity contribution in [2.45, 2.75) is 46.3 Å². The van der Waals surface area contributed by atoms with Crippen molar-refractivity contribution in [1.29, 1.82) is 0 Å². The molecule has 0 aliphatic heterocycles. The Hall–Kier alpha value is -1.88. The van der Waals surface area contributed by atoms with Gasteiger partial charge in [0, 0.05) is 17.5 Å². The molecule has 1 aromatic heterocycles. The maximum Gasteiger partial charge on any atom is 0.229 e. The number of rotatable bonds is 5. The Morgan fingerprint density at radius 2 is 2.05 bits per heavy atom. The van der Waals surface area contributed by atoms with Crippen molar-refractivity contribution >= 4 is 0 Å². The van der Waals surface area contributed by atoms with E-state index in [9.17, 15) is 0 Å². The molecule has 0 bridgehead atoms. The van der Waals surface area contributed by atoms with Gasteiger partial charge in [0.25, 0.3) is 0 Å². The number of ether oxygens (including phenoxy) is 1. The number of hydrogen-bond donors (Lipinski definition) is 1. The molecule has 0 radical (unpaired) electrons. The van der Waals surface area contributed by atoms with Crippen LogP contribution in [0.25, 0.3) is 0 Å². The zero-order valence-corrected chi connectivity index (χ0v) is 12.4. The molecule has 0 aliphatic rings. The van der Waals surface area contributed by atoms with Crippen LogP contribution < -0.4 is 10.5 Å². The van der Waals surface area contributed by atoms with Gasteiger partial charge in [-0.2, -0.15) is 4.98 Å². The molecule has 5 heteroatoms. The van der Waals surface area contributed by atoms with Crippen LogP contribution in [0.15, 0.2) is 22.7 Å². The van der Waals surface area contributed by atoms with Crippen LogP contribution in [0.2, 0.25) is 0 Å². The van der Waals surface area contributed by atoms with Crippen molar-refractivity contribution in [2.24, 2.45) is 5.73 Å². The molecule has 1 heterocycles. The molecular formula is C15H21N3O2. The Balaban J connectivity index is 2.11. The fourth-order valence-electron chi connectivity index (χ4n) is 1.85. The molecule has 20 heavy (non-hydrogen) atoms. The summed E-state index contributed by atoms with van der Waals surface area (Å²) in [6.45, 7) is 8.24. The van der Waals surface area contributed by atoms with Crippen LogP contribution in [-0.2, 0) is 6.61 Å². The minimum atomic E-state index is -0.0814. The fraction of sp³-hybridized carbons (Fsp3) is 0.467. The van der Waals surface area contributed by atoms with Gasteiger partial charge in [-0.15, -0.1) is 0 Å². The fourth-order valence-corrected chi connectivity index (χ4v) is 1.85. The van der Waals surface area contributed by atoms with E-state index >= 15 is 0 Å². The first kappa shape index (κ1) is 14.5. The minimum absolute atomic E-state index is 0.0814. The van der Waals surface area contributed by atoms with E-state index < -0.39 is 0 Å². The molecule has 1 aromatic carbocycles. The molecule has 0 saturated heterocycles. The third-order valence-electron chi connectivity index (χ3n) is 2.99. The van der Waals surface area contributed by atoms with Crippen LogP contribution in [0.3, 0.4) is 0 Å². The third-order valence-corrected chi connectivity index (χ3v) is 2.99. The second-order valence-corrected chi connectivity index (χ2v) is 5.32. The van der Waals surface area contributed by atoms with Crippen LogP contribution in [-0.4, -0.2) is 10.1 Å². The second-order valence-electron chi connectivity index (χ2n) is 5.32. The third kappa shape index (κ3) is 3.36. The van der Waals surface area contributed by atoms with E-state index in [0.717, 1.165) is 16.9 Å². The number of aromatic nitrogens is 2. The summed E-state index contributed by atoms with van der Waals surface area (Å²) in [5.41, 5.74) is 8.05. The Kier molecular flexibility index (Phi) is 4.39. The molecule has 108 valence electrons. The highest BCUT2D eigenvalue weighted by Crippen LogP contribution is 2.25. The first-order valence-electron chi connectivity index (χ1n) is 6.78. The normalized spacial score (nSPS) is 12.7. The van der Waals surface area contributed by atoms with Gasteiger partial charge in [-0.25, -0.2) is 0 Å². The highest BCUT2D eigenvalue weighted by molar-refractivity contribution is 5.38. The largest absolute Gasteiger partial charge is 0.485 e. The van der Waals surface area contributed by atoms with Crippen LogP contribution >= 0.6 is 0 Å². The quantitative estimate of drug-likeness (QED) is 0.907. The van der Waals surface area contributed by atoms with Crippen molar-refractivity contribution in [3.05, 3.63) is 41.0 Å². The lowest BCUT2D eigenvalue weighted by Gasteiger charge is -2.13. The Morgan fingerprint density at radius 3 is 2.65 bits per heavy atom. The first-order valence-corrected chi connectivity index (χ1v) is 6.78. The molecule has 1 atom stereocenters. The maximum absolute atomic E-state index is 5.95. The molecule has 0 saturated carbocycles. The number of hydrogen-bond acceptors (Lipinski definition) is 5. The number of nitrogens with two attached hydrogens (primary N) is 1. The zero-order chi connectivity index (χ0) is 14.7. The summed E-state index contributed by atoms with van der Waals surface area (Å²) < 4.78 is 10.9. The van der Waals surface area contributed by atoms with Crippen LogP contribution in [0.5, 0.6) is 5.75 Å². The van der Waals surface area contributed by atoms with Gasteiger partial charge >= 0.3 is 0 Å². The average molecular weight is 275 g/mol. The first-order chi connectivity index (χ1) is 9.47. The van der Waals surface area contributed by atoms with E-state index in [1.807, 2.05) is 45.9 Å². The summed E-state index contributed by atoms with van der Waals surface area (Å²) in [5, 5.41) is 3.91. The Labute approximate surface area is 119 Å². The van der Waals surface area contributed by atoms with Gasteiger partial charge in [-0.05, 0) is 25.5 Å². The van der Waals surface area contributed by atoms with E-state index in [1.54, 1.807) is 0 Å². The van der Waals surface area contributed by atoms with Crippen molar-refractivity contribution in [1.82, 2.24) is 10.1 Å². The summed E-state index contributed by atoms with van der Waals surface area (Å²) in [6, 6.07) is 5.91. The zero-order valence-electron chi connectivity index (χ0n) is 12.4. The molecule has 5 nitrogen and oxygen atoms in total. The lowest BCUT2D eigenvalue weighted by molar-refractivity contribution is 0.280. The van der Waals surface area contributed by atoms with Gasteiger partial charge in [-0.3, -0.25) is 0 Å². The monoisotopic (exact) mass is 275 g/mol. The van der Waals surface area contributed by atoms with E-state index in [4.69, 9.17) is 15.0 Å². The van der Waals surface area contributed by atoms with E-state index in [2.05, 4.69) is 10.1 Å². The number of benzene rings is 1. The van der Waals surface area contributed by atoms with Gasteiger partial charge in [-0.1, -0.05) is 31.1 Å². The van der Waals surface area contributed by atoms with Crippen molar-refractivity contribution in [3.8, 4) is 5.75 Å².